The molecule has 1 spiro atoms. The van der Waals surface area contributed by atoms with E-state index in [1.54, 1.807) is 6.07 Å². The normalized spacial score (nSPS) is 33.0. The van der Waals surface area contributed by atoms with E-state index in [-0.39, 0.29) is 29.8 Å². The molecule has 4 aliphatic carbocycles. The van der Waals surface area contributed by atoms with Gasteiger partial charge in [-0.05, 0) is 147 Å². The second kappa shape index (κ2) is 18.1. The molecule has 4 fully saturated rings. The number of aromatic hydroxyl groups is 1. The molecule has 8 rings (SSSR count). The molecule has 0 bridgehead atoms. The lowest BCUT2D eigenvalue weighted by atomic mass is 9.57. The number of phenols is 1. The standard InChI is InChI=1S/C50H63N3O6/c1-59-46-25-37-11-16-47(57)50(21-18-35(26-48(50)58)33-10-14-41-38(23-33)30-53-44-28-40(55)13-15-42(41)44)20-17-32(43(37)29-45(46)56)9-12-39(54)24-34(36-19-22-52-49(51)27-36)8-7-31-5-3-2-4-6-31/h2-8,19,25,27,29,32-35,38-39,41-42,44,48,52-54,56,58H,9-16,18,21-24,26,28,30,51H2,1H3/b8-7+/t32-,33-,34-,35-,38-,39-,41-,42+,44+,48+,50+/m0/s1. The zero-order chi connectivity index (χ0) is 41.1. The largest absolute Gasteiger partial charge is 0.504 e. The van der Waals surface area contributed by atoms with E-state index in [1.165, 1.54) is 13.5 Å². The average Bonchev–Trinajstić information content (AvgIpc) is 3.29. The van der Waals surface area contributed by atoms with Crippen molar-refractivity contribution in [3.05, 3.63) is 88.8 Å². The number of dihydropyridines is 1. The van der Waals surface area contributed by atoms with Crippen LogP contribution in [0, 0.1) is 52.8 Å². The summed E-state index contributed by atoms with van der Waals surface area (Å²) in [5.74, 6) is 10.6. The van der Waals surface area contributed by atoms with E-state index in [1.807, 2.05) is 30.3 Å². The van der Waals surface area contributed by atoms with E-state index in [0.717, 1.165) is 60.9 Å². The molecular weight excluding hydrogens is 739 g/mol. The molecule has 0 aromatic heterocycles. The Balaban J connectivity index is 0.992. The molecule has 9 heteroatoms. The van der Waals surface area contributed by atoms with Crippen molar-refractivity contribution in [2.45, 2.75) is 114 Å². The van der Waals surface area contributed by atoms with Crippen LogP contribution < -0.4 is 21.1 Å². The van der Waals surface area contributed by atoms with Crippen molar-refractivity contribution < 1.29 is 29.6 Å². The zero-order valence-electron chi connectivity index (χ0n) is 34.6. The van der Waals surface area contributed by atoms with E-state index >= 15 is 0 Å². The number of nitrogens with two attached hydrogens (primary N) is 1. The second-order valence-electron chi connectivity index (χ2n) is 18.5. The molecule has 6 aliphatic rings. The number of aryl methyl sites for hydroxylation is 1. The van der Waals surface area contributed by atoms with Crippen molar-refractivity contribution in [2.75, 3.05) is 20.2 Å². The van der Waals surface area contributed by atoms with Crippen molar-refractivity contribution in [2.24, 2.45) is 46.7 Å². The van der Waals surface area contributed by atoms with Gasteiger partial charge in [0, 0.05) is 43.7 Å². The number of carbonyl (C=O) groups is 2. The molecule has 59 heavy (non-hydrogen) atoms. The smallest absolute Gasteiger partial charge is 0.160 e. The number of carbonyl (C=O) groups excluding carboxylic acids is 2. The van der Waals surface area contributed by atoms with Crippen molar-refractivity contribution >= 4 is 17.6 Å². The number of methoxy groups -OCH3 is 1. The number of nitrogens with one attached hydrogen (secondary N) is 2. The highest BCUT2D eigenvalue weighted by Crippen LogP contribution is 2.51. The summed E-state index contributed by atoms with van der Waals surface area (Å²) in [6.45, 7) is 1.60. The lowest BCUT2D eigenvalue weighted by molar-refractivity contribution is -0.135. The Morgan fingerprint density at radius 2 is 1.85 bits per heavy atom. The Hall–Kier alpha value is -4.36. The third-order valence-corrected chi connectivity index (χ3v) is 15.1. The van der Waals surface area contributed by atoms with E-state index in [0.29, 0.717) is 104 Å². The first kappa shape index (κ1) is 41.4. The minimum absolute atomic E-state index is 0.0108. The molecule has 9 nitrogen and oxygen atoms in total. The number of allylic oxidation sites excluding steroid dienone is 3. The molecule has 1 saturated heterocycles. The van der Waals surface area contributed by atoms with Crippen LogP contribution in [0.3, 0.4) is 0 Å². The van der Waals surface area contributed by atoms with Gasteiger partial charge < -0.3 is 36.4 Å². The summed E-state index contributed by atoms with van der Waals surface area (Å²) in [5, 5.41) is 41.6. The van der Waals surface area contributed by atoms with Gasteiger partial charge in [0.15, 0.2) is 17.3 Å². The van der Waals surface area contributed by atoms with Gasteiger partial charge >= 0.3 is 0 Å². The summed E-state index contributed by atoms with van der Waals surface area (Å²) in [4.78, 5) is 26.5. The van der Waals surface area contributed by atoms with Gasteiger partial charge in [-0.2, -0.15) is 0 Å². The lowest BCUT2D eigenvalue weighted by Gasteiger charge is -2.51. The van der Waals surface area contributed by atoms with E-state index in [2.05, 4.69) is 52.8 Å². The summed E-state index contributed by atoms with van der Waals surface area (Å²) in [7, 11) is 1.52. The topological polar surface area (TPSA) is 154 Å². The Bertz CT molecular complexity index is 2010. The lowest BCUT2D eigenvalue weighted by Crippen LogP contribution is -2.55. The van der Waals surface area contributed by atoms with E-state index < -0.39 is 17.6 Å². The van der Waals surface area contributed by atoms with Crippen LogP contribution in [0.25, 0.3) is 6.08 Å². The maximum absolute atomic E-state index is 14.4. The summed E-state index contributed by atoms with van der Waals surface area (Å²) in [6.07, 6.45) is 16.8. The fraction of sp³-hybridized carbons (Fsp3) is 0.560. The van der Waals surface area contributed by atoms with Crippen LogP contribution in [0.15, 0.2) is 72.1 Å². The SMILES string of the molecule is COc1cc2c(cc1O)[C@@H](CC[C@H](O)C[C@H](/C=C/c1ccccc1)C1=CCNC(N)=C1)C#C[C@@]1(CC[C@H]([C@H]3CC[C@H]4[C@H](CN[C@@H]5CC(=O)CC[C@H]45)C3)C[C@H]1O)C(=O)CC2. The van der Waals surface area contributed by atoms with Gasteiger partial charge in [0.2, 0.25) is 0 Å². The molecule has 2 aromatic carbocycles. The molecule has 0 radical (unpaired) electrons. The van der Waals surface area contributed by atoms with E-state index in [4.69, 9.17) is 10.5 Å². The first-order valence-corrected chi connectivity index (χ1v) is 22.3. The molecule has 3 saturated carbocycles. The number of rotatable bonds is 10. The number of aliphatic hydroxyl groups excluding tert-OH is 2. The van der Waals surface area contributed by atoms with Crippen LogP contribution in [0.1, 0.15) is 106 Å². The summed E-state index contributed by atoms with van der Waals surface area (Å²) >= 11 is 0. The maximum atomic E-state index is 14.4. The number of hydrogen-bond donors (Lipinski definition) is 6. The number of Topliss-reactive ketones (excluding diaryl/α,β-unsaturated/α-hetero) is 2. The molecule has 314 valence electrons. The zero-order valence-corrected chi connectivity index (χ0v) is 34.6. The number of benzene rings is 2. The van der Waals surface area contributed by atoms with Crippen LogP contribution in [-0.2, 0) is 16.0 Å². The molecule has 7 N–H and O–H groups in total. The van der Waals surface area contributed by atoms with Crippen molar-refractivity contribution in [1.29, 1.82) is 0 Å². The maximum Gasteiger partial charge on any atom is 0.160 e. The van der Waals surface area contributed by atoms with Gasteiger partial charge in [0.1, 0.15) is 11.2 Å². The number of piperidine rings is 1. The van der Waals surface area contributed by atoms with Crippen molar-refractivity contribution in [1.82, 2.24) is 10.6 Å². The van der Waals surface area contributed by atoms with Crippen molar-refractivity contribution in [3.63, 3.8) is 0 Å². The highest BCUT2D eigenvalue weighted by Gasteiger charge is 2.51. The fourth-order valence-corrected chi connectivity index (χ4v) is 11.8. The van der Waals surface area contributed by atoms with Gasteiger partial charge in [0.05, 0.1) is 25.1 Å². The van der Waals surface area contributed by atoms with Gasteiger partial charge in [0.25, 0.3) is 0 Å². The minimum Gasteiger partial charge on any atom is -0.504 e. The number of phenolic OH excluding ortho intramolecular Hbond substituents is 1. The summed E-state index contributed by atoms with van der Waals surface area (Å²) < 4.78 is 5.50. The molecule has 2 aromatic rings. The first-order chi connectivity index (χ1) is 28.6. The van der Waals surface area contributed by atoms with Gasteiger partial charge in [-0.3, -0.25) is 9.59 Å². The van der Waals surface area contributed by atoms with Gasteiger partial charge in [-0.15, -0.1) is 0 Å². The summed E-state index contributed by atoms with van der Waals surface area (Å²) in [5.41, 5.74) is 8.90. The van der Waals surface area contributed by atoms with Crippen LogP contribution in [0.2, 0.25) is 0 Å². The molecule has 2 heterocycles. The molecule has 11 atom stereocenters. The van der Waals surface area contributed by atoms with E-state index in [9.17, 15) is 24.9 Å². The Labute approximate surface area is 350 Å². The highest BCUT2D eigenvalue weighted by molar-refractivity contribution is 5.89. The highest BCUT2D eigenvalue weighted by atomic mass is 16.5. The number of aliphatic hydroxyl groups is 2. The van der Waals surface area contributed by atoms with Gasteiger partial charge in [-0.25, -0.2) is 0 Å². The molecule has 0 unspecified atom stereocenters. The Kier molecular flexibility index (Phi) is 12.7. The Morgan fingerprint density at radius 3 is 2.64 bits per heavy atom. The van der Waals surface area contributed by atoms with Crippen LogP contribution in [-0.4, -0.2) is 65.3 Å². The fourth-order valence-electron chi connectivity index (χ4n) is 11.8. The monoisotopic (exact) mass is 801 g/mol. The second-order valence-corrected chi connectivity index (χ2v) is 18.5. The third-order valence-electron chi connectivity index (χ3n) is 15.1. The first-order valence-electron chi connectivity index (χ1n) is 22.3. The summed E-state index contributed by atoms with van der Waals surface area (Å²) in [6, 6.07) is 14.0. The third kappa shape index (κ3) is 9.06. The predicted octanol–water partition coefficient (Wildman–Crippen LogP) is 6.71. The minimum atomic E-state index is -1.14. The molecule has 0 amide bonds. The molecular formula is C50H63N3O6. The average molecular weight is 802 g/mol. The predicted molar refractivity (Wildman–Crippen MR) is 230 cm³/mol. The van der Waals surface area contributed by atoms with Crippen molar-refractivity contribution in [3.8, 4) is 23.3 Å². The quantitative estimate of drug-likeness (QED) is 0.144. The number of hydrogen-bond acceptors (Lipinski definition) is 9. The number of ketones is 2. The van der Waals surface area contributed by atoms with Crippen LogP contribution in [0.4, 0.5) is 0 Å². The number of ether oxygens (including phenoxy) is 1. The van der Waals surface area contributed by atoms with Crippen LogP contribution >= 0.6 is 0 Å². The van der Waals surface area contributed by atoms with Crippen LogP contribution in [0.5, 0.6) is 11.5 Å². The molecule has 2 aliphatic heterocycles. The number of fused-ring (bicyclic) bond motifs is 4. The Morgan fingerprint density at radius 1 is 1.02 bits per heavy atom. The van der Waals surface area contributed by atoms with Gasteiger partial charge in [-0.1, -0.05) is 60.4 Å².